The van der Waals surface area contributed by atoms with Crippen LogP contribution in [0.15, 0.2) is 54.6 Å². The highest BCUT2D eigenvalue weighted by molar-refractivity contribution is 5.21. The van der Waals surface area contributed by atoms with Gasteiger partial charge in [-0.15, -0.1) is 0 Å². The number of aliphatic hydroxyl groups excluding tert-OH is 1. The number of aliphatic hydroxyl groups is 1. The van der Waals surface area contributed by atoms with Gasteiger partial charge in [0.15, 0.2) is 0 Å². The third-order valence-electron chi connectivity index (χ3n) is 3.66. The minimum atomic E-state index is -0.574. The van der Waals surface area contributed by atoms with Crippen molar-refractivity contribution in [1.29, 1.82) is 0 Å². The average Bonchev–Trinajstić information content (AvgIpc) is 2.48. The Morgan fingerprint density at radius 1 is 1.05 bits per heavy atom. The summed E-state index contributed by atoms with van der Waals surface area (Å²) < 4.78 is 13.8. The number of likely N-dealkylation sites (N-methyl/N-ethyl adjacent to an activating group) is 1. The molecule has 0 amide bonds. The highest BCUT2D eigenvalue weighted by Gasteiger charge is 2.18. The maximum absolute atomic E-state index is 13.8. The van der Waals surface area contributed by atoms with E-state index in [0.717, 1.165) is 5.56 Å². The van der Waals surface area contributed by atoms with Crippen LogP contribution in [-0.4, -0.2) is 23.6 Å². The summed E-state index contributed by atoms with van der Waals surface area (Å²) in [6, 6.07) is 16.2. The lowest BCUT2D eigenvalue weighted by Crippen LogP contribution is -2.28. The van der Waals surface area contributed by atoms with Gasteiger partial charge in [0.05, 0.1) is 6.10 Å². The molecule has 0 saturated carbocycles. The second-order valence-electron chi connectivity index (χ2n) is 5.06. The summed E-state index contributed by atoms with van der Waals surface area (Å²) in [7, 11) is 1.89. The average molecular weight is 273 g/mol. The third kappa shape index (κ3) is 3.44. The molecule has 0 aliphatic rings. The van der Waals surface area contributed by atoms with Crippen LogP contribution in [0, 0.1) is 5.82 Å². The van der Waals surface area contributed by atoms with E-state index in [2.05, 4.69) is 0 Å². The van der Waals surface area contributed by atoms with Gasteiger partial charge < -0.3 is 5.11 Å². The zero-order valence-corrected chi connectivity index (χ0v) is 11.8. The molecule has 2 aromatic rings. The van der Waals surface area contributed by atoms with Gasteiger partial charge in [-0.05, 0) is 25.6 Å². The quantitative estimate of drug-likeness (QED) is 0.900. The molecule has 0 bridgehead atoms. The van der Waals surface area contributed by atoms with Gasteiger partial charge in [-0.3, -0.25) is 4.90 Å². The van der Waals surface area contributed by atoms with Gasteiger partial charge >= 0.3 is 0 Å². The zero-order valence-electron chi connectivity index (χ0n) is 11.8. The number of rotatable bonds is 5. The van der Waals surface area contributed by atoms with E-state index in [9.17, 15) is 9.50 Å². The van der Waals surface area contributed by atoms with Crippen molar-refractivity contribution in [1.82, 2.24) is 4.90 Å². The molecule has 20 heavy (non-hydrogen) atoms. The molecule has 1 N–H and O–H groups in total. The first-order valence-electron chi connectivity index (χ1n) is 6.77. The molecule has 0 aliphatic heterocycles. The van der Waals surface area contributed by atoms with E-state index in [1.54, 1.807) is 12.1 Å². The number of halogens is 1. The predicted octanol–water partition coefficient (Wildman–Crippen LogP) is 3.55. The first-order valence-corrected chi connectivity index (χ1v) is 6.77. The molecule has 2 atom stereocenters. The SMILES string of the molecule is CC(c1ccccc1F)N(C)CC(O)c1ccccc1. The summed E-state index contributed by atoms with van der Waals surface area (Å²) in [4.78, 5) is 1.95. The summed E-state index contributed by atoms with van der Waals surface area (Å²) in [5.41, 5.74) is 1.52. The lowest BCUT2D eigenvalue weighted by atomic mass is 10.0. The molecule has 0 fully saturated rings. The van der Waals surface area contributed by atoms with Crippen molar-refractivity contribution < 1.29 is 9.50 Å². The van der Waals surface area contributed by atoms with Crippen LogP contribution in [0.2, 0.25) is 0 Å². The molecule has 0 aromatic heterocycles. The van der Waals surface area contributed by atoms with Crippen molar-refractivity contribution >= 4 is 0 Å². The first kappa shape index (κ1) is 14.7. The van der Waals surface area contributed by atoms with E-state index in [0.29, 0.717) is 12.1 Å². The van der Waals surface area contributed by atoms with Crippen molar-refractivity contribution in [2.45, 2.75) is 19.1 Å². The van der Waals surface area contributed by atoms with Crippen LogP contribution < -0.4 is 0 Å². The van der Waals surface area contributed by atoms with E-state index in [1.807, 2.05) is 55.3 Å². The minimum Gasteiger partial charge on any atom is -0.387 e. The van der Waals surface area contributed by atoms with Crippen LogP contribution in [0.1, 0.15) is 30.2 Å². The van der Waals surface area contributed by atoms with Crippen molar-refractivity contribution in [3.8, 4) is 0 Å². The summed E-state index contributed by atoms with van der Waals surface area (Å²) in [6.07, 6.45) is -0.574. The van der Waals surface area contributed by atoms with E-state index in [4.69, 9.17) is 0 Å². The molecule has 2 unspecified atom stereocenters. The fourth-order valence-electron chi connectivity index (χ4n) is 2.26. The first-order chi connectivity index (χ1) is 9.59. The van der Waals surface area contributed by atoms with Crippen molar-refractivity contribution in [3.63, 3.8) is 0 Å². The smallest absolute Gasteiger partial charge is 0.127 e. The summed E-state index contributed by atoms with van der Waals surface area (Å²) >= 11 is 0. The van der Waals surface area contributed by atoms with Gasteiger partial charge in [0.2, 0.25) is 0 Å². The van der Waals surface area contributed by atoms with Crippen LogP contribution in [0.25, 0.3) is 0 Å². The number of nitrogens with zero attached hydrogens (tertiary/aromatic N) is 1. The molecule has 0 radical (unpaired) electrons. The molecular formula is C17H20FNO. The highest BCUT2D eigenvalue weighted by atomic mass is 19.1. The van der Waals surface area contributed by atoms with Crippen molar-refractivity contribution in [2.75, 3.05) is 13.6 Å². The molecule has 0 heterocycles. The standard InChI is InChI=1S/C17H20FNO/c1-13(15-10-6-7-11-16(15)18)19(2)12-17(20)14-8-4-3-5-9-14/h3-11,13,17,20H,12H2,1-2H3. The van der Waals surface area contributed by atoms with Crippen LogP contribution >= 0.6 is 0 Å². The van der Waals surface area contributed by atoms with E-state index in [-0.39, 0.29) is 11.9 Å². The minimum absolute atomic E-state index is 0.0884. The van der Waals surface area contributed by atoms with Crippen LogP contribution in [0.3, 0.4) is 0 Å². The summed E-state index contributed by atoms with van der Waals surface area (Å²) in [5.74, 6) is -0.207. The Morgan fingerprint density at radius 2 is 1.65 bits per heavy atom. The lowest BCUT2D eigenvalue weighted by molar-refractivity contribution is 0.107. The van der Waals surface area contributed by atoms with Crippen LogP contribution in [0.5, 0.6) is 0 Å². The zero-order chi connectivity index (χ0) is 14.5. The number of hydrogen-bond donors (Lipinski definition) is 1. The largest absolute Gasteiger partial charge is 0.387 e. The fraction of sp³-hybridized carbons (Fsp3) is 0.294. The highest BCUT2D eigenvalue weighted by Crippen LogP contribution is 2.24. The van der Waals surface area contributed by atoms with E-state index in [1.165, 1.54) is 6.07 Å². The van der Waals surface area contributed by atoms with Crippen LogP contribution in [-0.2, 0) is 0 Å². The lowest BCUT2D eigenvalue weighted by Gasteiger charge is -2.27. The molecule has 3 heteroatoms. The number of hydrogen-bond acceptors (Lipinski definition) is 2. The molecule has 2 rings (SSSR count). The van der Waals surface area contributed by atoms with Crippen LogP contribution in [0.4, 0.5) is 4.39 Å². The fourth-order valence-corrected chi connectivity index (χ4v) is 2.26. The Morgan fingerprint density at radius 3 is 2.30 bits per heavy atom. The Balaban J connectivity index is 2.05. The van der Waals surface area contributed by atoms with Crippen molar-refractivity contribution in [2.24, 2.45) is 0 Å². The second kappa shape index (κ2) is 6.64. The molecule has 0 saturated heterocycles. The van der Waals surface area contributed by atoms with E-state index < -0.39 is 6.10 Å². The molecular weight excluding hydrogens is 253 g/mol. The van der Waals surface area contributed by atoms with Gasteiger partial charge in [-0.2, -0.15) is 0 Å². The molecule has 2 nitrogen and oxygen atoms in total. The summed E-state index contributed by atoms with van der Waals surface area (Å²) in [5, 5.41) is 10.2. The third-order valence-corrected chi connectivity index (χ3v) is 3.66. The predicted molar refractivity (Wildman–Crippen MR) is 78.8 cm³/mol. The maximum atomic E-state index is 13.8. The van der Waals surface area contributed by atoms with Gasteiger partial charge in [0.25, 0.3) is 0 Å². The van der Waals surface area contributed by atoms with Gasteiger partial charge in [0.1, 0.15) is 5.82 Å². The molecule has 0 aliphatic carbocycles. The normalized spacial score (nSPS) is 14.2. The molecule has 2 aromatic carbocycles. The van der Waals surface area contributed by atoms with Gasteiger partial charge in [-0.25, -0.2) is 4.39 Å². The van der Waals surface area contributed by atoms with Crippen molar-refractivity contribution in [3.05, 3.63) is 71.5 Å². The Bertz CT molecular complexity index is 544. The van der Waals surface area contributed by atoms with E-state index >= 15 is 0 Å². The maximum Gasteiger partial charge on any atom is 0.127 e. The Kier molecular flexibility index (Phi) is 4.88. The van der Waals surface area contributed by atoms with Gasteiger partial charge in [-0.1, -0.05) is 48.5 Å². The summed E-state index contributed by atoms with van der Waals surface area (Å²) in [6.45, 7) is 2.40. The Labute approximate surface area is 119 Å². The topological polar surface area (TPSA) is 23.5 Å². The van der Waals surface area contributed by atoms with Gasteiger partial charge in [0, 0.05) is 18.2 Å². The monoisotopic (exact) mass is 273 g/mol. The Hall–Kier alpha value is -1.71. The number of benzene rings is 2. The molecule has 106 valence electrons. The second-order valence-corrected chi connectivity index (χ2v) is 5.06. The molecule has 0 spiro atoms.